The van der Waals surface area contributed by atoms with Gasteiger partial charge in [0.2, 0.25) is 0 Å². The highest BCUT2D eigenvalue weighted by Crippen LogP contribution is 2.17. The fourth-order valence-electron chi connectivity index (χ4n) is 0.948. The molecule has 82 valence electrons. The van der Waals surface area contributed by atoms with Gasteiger partial charge in [0.15, 0.2) is 5.60 Å². The molecule has 0 heterocycles. The normalized spacial score (nSPS) is 14.3. The van der Waals surface area contributed by atoms with Gasteiger partial charge in [0.1, 0.15) is 0 Å². The van der Waals surface area contributed by atoms with Crippen LogP contribution in [0.5, 0.6) is 0 Å². The topological polar surface area (TPSA) is 69.6 Å². The summed E-state index contributed by atoms with van der Waals surface area (Å²) < 4.78 is 0.983. The monoisotopic (exact) mass is 321 g/mol. The predicted molar refractivity (Wildman–Crippen MR) is 65.9 cm³/mol. The zero-order valence-corrected chi connectivity index (χ0v) is 10.4. The number of aliphatic hydroxyl groups is 1. The smallest absolute Gasteiger partial charge is 0.337 e. The Balaban J connectivity index is 2.66. The third-order valence-corrected chi connectivity index (χ3v) is 2.90. The van der Waals surface area contributed by atoms with E-state index in [-0.39, 0.29) is 6.54 Å². The summed E-state index contributed by atoms with van der Waals surface area (Å²) in [6.45, 7) is 1.24. The number of carboxylic acids is 1. The molecule has 0 amide bonds. The third-order valence-electron chi connectivity index (χ3n) is 1.96. The standard InChI is InChI=1S/C10H12INO3/c1-10(15,9(13)14)6-12-8-5-3-2-4-7(8)11/h2-5,12,15H,6H2,1H3,(H,13,14). The summed E-state index contributed by atoms with van der Waals surface area (Å²) in [5.41, 5.74) is -0.932. The van der Waals surface area contributed by atoms with Gasteiger partial charge in [0.25, 0.3) is 0 Å². The van der Waals surface area contributed by atoms with Crippen LogP contribution in [-0.4, -0.2) is 28.3 Å². The number of carbonyl (C=O) groups is 1. The van der Waals surface area contributed by atoms with E-state index in [1.165, 1.54) is 6.92 Å². The van der Waals surface area contributed by atoms with Crippen LogP contribution in [-0.2, 0) is 4.79 Å². The maximum Gasteiger partial charge on any atom is 0.337 e. The second-order valence-corrected chi connectivity index (χ2v) is 4.57. The number of hydrogen-bond acceptors (Lipinski definition) is 3. The van der Waals surface area contributed by atoms with Crippen molar-refractivity contribution in [3.8, 4) is 0 Å². The van der Waals surface area contributed by atoms with E-state index in [1.54, 1.807) is 0 Å². The average molecular weight is 321 g/mol. The minimum Gasteiger partial charge on any atom is -0.479 e. The molecular formula is C10H12INO3. The molecule has 0 aromatic heterocycles. The molecule has 0 radical (unpaired) electrons. The van der Waals surface area contributed by atoms with Crippen molar-refractivity contribution in [3.05, 3.63) is 27.8 Å². The lowest BCUT2D eigenvalue weighted by molar-refractivity contribution is -0.155. The molecule has 0 bridgehead atoms. The molecule has 3 N–H and O–H groups in total. The number of para-hydroxylation sites is 1. The van der Waals surface area contributed by atoms with E-state index < -0.39 is 11.6 Å². The highest BCUT2D eigenvalue weighted by molar-refractivity contribution is 14.1. The van der Waals surface area contributed by atoms with Gasteiger partial charge in [-0.15, -0.1) is 0 Å². The van der Waals surface area contributed by atoms with Gasteiger partial charge < -0.3 is 15.5 Å². The molecule has 15 heavy (non-hydrogen) atoms. The lowest BCUT2D eigenvalue weighted by atomic mass is 10.1. The molecule has 5 heteroatoms. The van der Waals surface area contributed by atoms with Crippen LogP contribution in [0, 0.1) is 3.57 Å². The number of rotatable bonds is 4. The van der Waals surface area contributed by atoms with Crippen LogP contribution >= 0.6 is 22.6 Å². The van der Waals surface area contributed by atoms with Crippen LogP contribution in [0.25, 0.3) is 0 Å². The zero-order chi connectivity index (χ0) is 11.5. The Morgan fingerprint density at radius 2 is 2.13 bits per heavy atom. The summed E-state index contributed by atoms with van der Waals surface area (Å²) in [4.78, 5) is 10.6. The van der Waals surface area contributed by atoms with Crippen molar-refractivity contribution in [2.75, 3.05) is 11.9 Å². The van der Waals surface area contributed by atoms with Crippen LogP contribution in [0.4, 0.5) is 5.69 Å². The molecule has 0 saturated carbocycles. The summed E-state index contributed by atoms with van der Waals surface area (Å²) >= 11 is 2.14. The maximum atomic E-state index is 10.6. The molecule has 0 aliphatic heterocycles. The van der Waals surface area contributed by atoms with Crippen molar-refractivity contribution in [3.63, 3.8) is 0 Å². The van der Waals surface area contributed by atoms with Gasteiger partial charge >= 0.3 is 5.97 Å². The van der Waals surface area contributed by atoms with Crippen molar-refractivity contribution in [2.45, 2.75) is 12.5 Å². The van der Waals surface area contributed by atoms with Gasteiger partial charge in [-0.05, 0) is 41.6 Å². The highest BCUT2D eigenvalue weighted by Gasteiger charge is 2.29. The fraction of sp³-hybridized carbons (Fsp3) is 0.300. The quantitative estimate of drug-likeness (QED) is 0.736. The van der Waals surface area contributed by atoms with Crippen molar-refractivity contribution < 1.29 is 15.0 Å². The SMILES string of the molecule is CC(O)(CNc1ccccc1I)C(=O)O. The van der Waals surface area contributed by atoms with Crippen LogP contribution in [0.3, 0.4) is 0 Å². The van der Waals surface area contributed by atoms with Crippen LogP contribution in [0.1, 0.15) is 6.92 Å². The Labute approximate surface area is 101 Å². The average Bonchev–Trinajstić information content (AvgIpc) is 2.16. The molecule has 1 atom stereocenters. The largest absolute Gasteiger partial charge is 0.479 e. The minimum absolute atomic E-state index is 0.0254. The Kier molecular flexibility index (Phi) is 3.92. The Morgan fingerprint density at radius 3 is 2.67 bits per heavy atom. The number of carboxylic acid groups (broad SMARTS) is 1. The first-order valence-electron chi connectivity index (χ1n) is 4.37. The highest BCUT2D eigenvalue weighted by atomic mass is 127. The summed E-state index contributed by atoms with van der Waals surface area (Å²) in [6.07, 6.45) is 0. The van der Waals surface area contributed by atoms with Crippen molar-refractivity contribution in [1.29, 1.82) is 0 Å². The molecule has 0 spiro atoms. The lowest BCUT2D eigenvalue weighted by Gasteiger charge is -2.19. The van der Waals surface area contributed by atoms with Gasteiger partial charge in [0.05, 0.1) is 6.54 Å². The number of hydrogen-bond donors (Lipinski definition) is 3. The fourth-order valence-corrected chi connectivity index (χ4v) is 1.53. The van der Waals surface area contributed by atoms with E-state index in [0.29, 0.717) is 0 Å². The van der Waals surface area contributed by atoms with E-state index in [4.69, 9.17) is 5.11 Å². The lowest BCUT2D eigenvalue weighted by Crippen LogP contribution is -2.41. The summed E-state index contributed by atoms with van der Waals surface area (Å²) in [5, 5.41) is 21.1. The Morgan fingerprint density at radius 1 is 1.53 bits per heavy atom. The zero-order valence-electron chi connectivity index (χ0n) is 8.20. The van der Waals surface area contributed by atoms with Gasteiger partial charge in [-0.2, -0.15) is 0 Å². The Hall–Kier alpha value is -0.820. The molecule has 1 unspecified atom stereocenters. The summed E-state index contributed by atoms with van der Waals surface area (Å²) in [5.74, 6) is -1.24. The Bertz CT molecular complexity index is 365. The minimum atomic E-state index is -1.75. The molecule has 4 nitrogen and oxygen atoms in total. The first kappa shape index (κ1) is 12.3. The van der Waals surface area contributed by atoms with E-state index in [2.05, 4.69) is 27.9 Å². The number of nitrogens with one attached hydrogen (secondary N) is 1. The predicted octanol–water partition coefficient (Wildman–Crippen LogP) is 1.54. The van der Waals surface area contributed by atoms with Crippen molar-refractivity contribution in [1.82, 2.24) is 0 Å². The van der Waals surface area contributed by atoms with Gasteiger partial charge in [-0.25, -0.2) is 4.79 Å². The van der Waals surface area contributed by atoms with Gasteiger partial charge in [0, 0.05) is 9.26 Å². The van der Waals surface area contributed by atoms with Crippen LogP contribution < -0.4 is 5.32 Å². The first-order valence-corrected chi connectivity index (χ1v) is 5.45. The number of benzene rings is 1. The van der Waals surface area contributed by atoms with Crippen molar-refractivity contribution >= 4 is 34.2 Å². The molecular weight excluding hydrogens is 309 g/mol. The van der Waals surface area contributed by atoms with E-state index in [9.17, 15) is 9.90 Å². The van der Waals surface area contributed by atoms with E-state index in [1.807, 2.05) is 24.3 Å². The molecule has 0 aliphatic rings. The van der Waals surface area contributed by atoms with Crippen LogP contribution in [0.2, 0.25) is 0 Å². The third kappa shape index (κ3) is 3.35. The second-order valence-electron chi connectivity index (χ2n) is 3.41. The summed E-state index contributed by atoms with van der Waals surface area (Å²) in [7, 11) is 0. The maximum absolute atomic E-state index is 10.6. The molecule has 1 rings (SSSR count). The van der Waals surface area contributed by atoms with Gasteiger partial charge in [-0.1, -0.05) is 12.1 Å². The van der Waals surface area contributed by atoms with Crippen molar-refractivity contribution in [2.24, 2.45) is 0 Å². The second kappa shape index (κ2) is 4.80. The van der Waals surface area contributed by atoms with Gasteiger partial charge in [-0.3, -0.25) is 0 Å². The number of aliphatic carboxylic acids is 1. The molecule has 0 aliphatic carbocycles. The van der Waals surface area contributed by atoms with E-state index in [0.717, 1.165) is 9.26 Å². The molecule has 1 aromatic carbocycles. The molecule has 1 aromatic rings. The number of halogens is 1. The number of anilines is 1. The summed E-state index contributed by atoms with van der Waals surface area (Å²) in [6, 6.07) is 7.47. The first-order chi connectivity index (χ1) is 6.93. The molecule has 0 saturated heterocycles. The van der Waals surface area contributed by atoms with E-state index >= 15 is 0 Å². The van der Waals surface area contributed by atoms with Crippen LogP contribution in [0.15, 0.2) is 24.3 Å². The molecule has 0 fully saturated rings.